The van der Waals surface area contributed by atoms with Gasteiger partial charge in [-0.1, -0.05) is 56.3 Å². The number of aliphatic hydroxyl groups is 1. The Kier molecular flexibility index (Phi) is 11.3. The quantitative estimate of drug-likeness (QED) is 0.278. The first-order valence-corrected chi connectivity index (χ1v) is 12.3. The Labute approximate surface area is 188 Å². The van der Waals surface area contributed by atoms with Crippen molar-refractivity contribution in [3.8, 4) is 0 Å². The van der Waals surface area contributed by atoms with Crippen LogP contribution in [0.3, 0.4) is 0 Å². The molecule has 0 aliphatic carbocycles. The fourth-order valence-corrected chi connectivity index (χ4v) is 4.64. The molecule has 0 spiro atoms. The number of carbonyl (C=O) groups is 1. The molecular weight excluding hydrogens is 414 g/mol. The van der Waals surface area contributed by atoms with Crippen molar-refractivity contribution in [2.45, 2.75) is 55.5 Å². The van der Waals surface area contributed by atoms with Gasteiger partial charge in [-0.2, -0.15) is 11.8 Å². The van der Waals surface area contributed by atoms with Crippen LogP contribution in [-0.2, 0) is 17.8 Å². The van der Waals surface area contributed by atoms with Crippen LogP contribution in [0.1, 0.15) is 31.4 Å². The molecule has 2 atom stereocenters. The highest BCUT2D eigenvalue weighted by molar-refractivity contribution is 7.99. The zero-order valence-corrected chi connectivity index (χ0v) is 19.3. The molecule has 0 aliphatic heterocycles. The van der Waals surface area contributed by atoms with E-state index in [-0.39, 0.29) is 0 Å². The van der Waals surface area contributed by atoms with Gasteiger partial charge in [-0.25, -0.2) is 5.43 Å². The SMILES string of the molecule is CC(C)SCCC(N)C(O)C(=O)NNCc1cccc(SCCc2ccccc2)c1. The summed E-state index contributed by atoms with van der Waals surface area (Å²) in [5.41, 5.74) is 13.8. The number of rotatable bonds is 13. The van der Waals surface area contributed by atoms with E-state index in [0.29, 0.717) is 18.2 Å². The van der Waals surface area contributed by atoms with E-state index in [1.165, 1.54) is 10.5 Å². The van der Waals surface area contributed by atoms with E-state index in [2.05, 4.69) is 61.1 Å². The summed E-state index contributed by atoms with van der Waals surface area (Å²) in [6.45, 7) is 4.70. The average molecular weight is 448 g/mol. The zero-order valence-electron chi connectivity index (χ0n) is 17.7. The molecule has 2 aromatic carbocycles. The Morgan fingerprint density at radius 1 is 1.07 bits per heavy atom. The van der Waals surface area contributed by atoms with Crippen LogP contribution < -0.4 is 16.6 Å². The first kappa shape index (κ1) is 24.8. The van der Waals surface area contributed by atoms with Gasteiger partial charge in [-0.15, -0.1) is 11.8 Å². The highest BCUT2D eigenvalue weighted by Crippen LogP contribution is 2.20. The molecule has 30 heavy (non-hydrogen) atoms. The van der Waals surface area contributed by atoms with E-state index in [9.17, 15) is 9.90 Å². The van der Waals surface area contributed by atoms with Crippen molar-refractivity contribution in [1.29, 1.82) is 0 Å². The van der Waals surface area contributed by atoms with Crippen LogP contribution in [0, 0.1) is 0 Å². The van der Waals surface area contributed by atoms with Crippen molar-refractivity contribution in [2.75, 3.05) is 11.5 Å². The highest BCUT2D eigenvalue weighted by Gasteiger charge is 2.22. The molecule has 0 bridgehead atoms. The second kappa shape index (κ2) is 13.7. The number of thioether (sulfide) groups is 2. The molecule has 0 saturated heterocycles. The molecular formula is C23H33N3O2S2. The summed E-state index contributed by atoms with van der Waals surface area (Å²) in [4.78, 5) is 13.3. The number of nitrogens with two attached hydrogens (primary N) is 1. The molecule has 2 unspecified atom stereocenters. The first-order chi connectivity index (χ1) is 14.5. The van der Waals surface area contributed by atoms with Crippen LogP contribution in [-0.4, -0.2) is 39.9 Å². The lowest BCUT2D eigenvalue weighted by Gasteiger charge is -2.19. The zero-order chi connectivity index (χ0) is 21.8. The highest BCUT2D eigenvalue weighted by atomic mass is 32.2. The van der Waals surface area contributed by atoms with E-state index < -0.39 is 18.1 Å². The number of nitrogens with one attached hydrogen (secondary N) is 2. The van der Waals surface area contributed by atoms with Gasteiger partial charge in [0.05, 0.1) is 0 Å². The molecule has 2 rings (SSSR count). The van der Waals surface area contributed by atoms with Crippen LogP contribution in [0.5, 0.6) is 0 Å². The third-order valence-corrected chi connectivity index (χ3v) is 6.61. The molecule has 0 aliphatic rings. The monoisotopic (exact) mass is 447 g/mol. The Balaban J connectivity index is 1.70. The average Bonchev–Trinajstić information content (AvgIpc) is 2.74. The minimum absolute atomic E-state index is 0.476. The molecule has 2 aromatic rings. The van der Waals surface area contributed by atoms with Crippen molar-refractivity contribution in [2.24, 2.45) is 5.73 Å². The Morgan fingerprint density at radius 3 is 2.53 bits per heavy atom. The van der Waals surface area contributed by atoms with Crippen molar-refractivity contribution >= 4 is 29.4 Å². The molecule has 1 amide bonds. The summed E-state index contributed by atoms with van der Waals surface area (Å²) in [5.74, 6) is 1.34. The molecule has 5 N–H and O–H groups in total. The fraction of sp³-hybridized carbons (Fsp3) is 0.435. The summed E-state index contributed by atoms with van der Waals surface area (Å²) < 4.78 is 0. The van der Waals surface area contributed by atoms with E-state index >= 15 is 0 Å². The third kappa shape index (κ3) is 9.53. The van der Waals surface area contributed by atoms with Crippen molar-refractivity contribution in [1.82, 2.24) is 10.9 Å². The summed E-state index contributed by atoms with van der Waals surface area (Å²) in [6.07, 6.45) is 0.405. The number of hydrazine groups is 1. The molecule has 164 valence electrons. The second-order valence-corrected chi connectivity index (χ2v) is 10.2. The van der Waals surface area contributed by atoms with Gasteiger partial charge in [0, 0.05) is 23.2 Å². The third-order valence-electron chi connectivity index (χ3n) is 4.48. The van der Waals surface area contributed by atoms with E-state index in [0.717, 1.165) is 23.5 Å². The second-order valence-electron chi connectivity index (χ2n) is 7.39. The Hall–Kier alpha value is -1.51. The lowest BCUT2D eigenvalue weighted by Crippen LogP contribution is -2.50. The molecule has 0 heterocycles. The van der Waals surface area contributed by atoms with Gasteiger partial charge in [0.2, 0.25) is 0 Å². The Bertz CT molecular complexity index is 759. The standard InChI is InChI=1S/C23H33N3O2S2/c1-17(2)29-14-12-21(24)22(27)23(28)26-25-16-19-9-6-10-20(15-19)30-13-11-18-7-4-3-5-8-18/h3-10,15,17,21-22,25,27H,11-14,16,24H2,1-2H3,(H,26,28). The number of hydrogen-bond donors (Lipinski definition) is 4. The Morgan fingerprint density at radius 2 is 1.80 bits per heavy atom. The van der Waals surface area contributed by atoms with E-state index in [4.69, 9.17) is 5.73 Å². The molecule has 5 nitrogen and oxygen atoms in total. The van der Waals surface area contributed by atoms with E-state index in [1.54, 1.807) is 11.8 Å². The van der Waals surface area contributed by atoms with Gasteiger partial charge < -0.3 is 10.8 Å². The topological polar surface area (TPSA) is 87.4 Å². The molecule has 7 heteroatoms. The van der Waals surface area contributed by atoms with Gasteiger partial charge >= 0.3 is 0 Å². The maximum atomic E-state index is 12.1. The summed E-state index contributed by atoms with van der Waals surface area (Å²) >= 11 is 3.58. The largest absolute Gasteiger partial charge is 0.382 e. The number of benzene rings is 2. The van der Waals surface area contributed by atoms with Gasteiger partial charge in [0.15, 0.2) is 0 Å². The predicted molar refractivity (Wildman–Crippen MR) is 128 cm³/mol. The number of amides is 1. The number of hydrogen-bond acceptors (Lipinski definition) is 6. The molecule has 0 aromatic heterocycles. The fourth-order valence-electron chi connectivity index (χ4n) is 2.78. The number of aryl methyl sites for hydroxylation is 1. The summed E-state index contributed by atoms with van der Waals surface area (Å²) in [7, 11) is 0. The minimum Gasteiger partial charge on any atom is -0.382 e. The van der Waals surface area contributed by atoms with Crippen molar-refractivity contribution in [3.63, 3.8) is 0 Å². The van der Waals surface area contributed by atoms with E-state index in [1.807, 2.05) is 30.0 Å². The van der Waals surface area contributed by atoms with Gasteiger partial charge in [0.1, 0.15) is 6.10 Å². The van der Waals surface area contributed by atoms with Gasteiger partial charge in [-0.3, -0.25) is 10.2 Å². The van der Waals surface area contributed by atoms with Crippen LogP contribution >= 0.6 is 23.5 Å². The van der Waals surface area contributed by atoms with Gasteiger partial charge in [0.25, 0.3) is 5.91 Å². The van der Waals surface area contributed by atoms with Crippen LogP contribution in [0.4, 0.5) is 0 Å². The number of aliphatic hydroxyl groups excluding tert-OH is 1. The minimum atomic E-state index is -1.22. The lowest BCUT2D eigenvalue weighted by atomic mass is 10.1. The van der Waals surface area contributed by atoms with Gasteiger partial charge in [-0.05, 0) is 47.1 Å². The molecule has 0 saturated carbocycles. The van der Waals surface area contributed by atoms with Crippen LogP contribution in [0.2, 0.25) is 0 Å². The maximum Gasteiger partial charge on any atom is 0.264 e. The summed E-state index contributed by atoms with van der Waals surface area (Å²) in [6, 6.07) is 18.1. The smallest absolute Gasteiger partial charge is 0.264 e. The normalized spacial score (nSPS) is 13.2. The van der Waals surface area contributed by atoms with Crippen molar-refractivity contribution < 1.29 is 9.90 Å². The van der Waals surface area contributed by atoms with Crippen LogP contribution in [0.25, 0.3) is 0 Å². The maximum absolute atomic E-state index is 12.1. The first-order valence-electron chi connectivity index (χ1n) is 10.3. The van der Waals surface area contributed by atoms with Crippen molar-refractivity contribution in [3.05, 3.63) is 65.7 Å². The molecule has 0 fully saturated rings. The predicted octanol–water partition coefficient (Wildman–Crippen LogP) is 3.36. The van der Waals surface area contributed by atoms with Crippen LogP contribution in [0.15, 0.2) is 59.5 Å². The number of carbonyl (C=O) groups excluding carboxylic acids is 1. The lowest BCUT2D eigenvalue weighted by molar-refractivity contribution is -0.131. The molecule has 0 radical (unpaired) electrons. The summed E-state index contributed by atoms with van der Waals surface area (Å²) in [5, 5.41) is 10.6.